The summed E-state index contributed by atoms with van der Waals surface area (Å²) in [7, 11) is 3.69. The quantitative estimate of drug-likeness (QED) is 0.882. The van der Waals surface area contributed by atoms with Gasteiger partial charge in [-0.05, 0) is 19.2 Å². The summed E-state index contributed by atoms with van der Waals surface area (Å²) in [5, 5.41) is 13.3. The molecule has 6 heteroatoms. The van der Waals surface area contributed by atoms with Crippen LogP contribution in [0.2, 0.25) is 0 Å². The normalized spacial score (nSPS) is 10.6. The fourth-order valence-electron chi connectivity index (χ4n) is 2.21. The van der Waals surface area contributed by atoms with Gasteiger partial charge in [-0.15, -0.1) is 0 Å². The van der Waals surface area contributed by atoms with E-state index in [1.807, 2.05) is 37.3 Å². The Kier molecular flexibility index (Phi) is 4.36. The molecule has 2 N–H and O–H groups in total. The fourth-order valence-corrected chi connectivity index (χ4v) is 2.21. The number of likely N-dealkylation sites (N-methyl/N-ethyl adjacent to an activating group) is 1. The molecule has 0 aliphatic rings. The van der Waals surface area contributed by atoms with Gasteiger partial charge in [0.05, 0.1) is 23.9 Å². The third-order valence-electron chi connectivity index (χ3n) is 3.06. The molecule has 0 fully saturated rings. The Balaban J connectivity index is 2.27. The molecule has 1 aromatic carbocycles. The highest BCUT2D eigenvalue weighted by Gasteiger charge is 2.13. The second kappa shape index (κ2) is 6.20. The standard InChI is InChI=1S/C15H17N5O/c1-19(10-14(17)21)8-13-9-20(2)18-15(13)12-5-3-11(7-16)4-6-12/h3-6,9H,8,10H2,1-2H3,(H2,17,21). The number of rotatable bonds is 5. The summed E-state index contributed by atoms with van der Waals surface area (Å²) in [6.45, 7) is 0.772. The van der Waals surface area contributed by atoms with E-state index >= 15 is 0 Å². The monoisotopic (exact) mass is 283 g/mol. The molecule has 108 valence electrons. The molecule has 0 bridgehead atoms. The molecule has 0 aliphatic heterocycles. The number of carbonyl (C=O) groups is 1. The van der Waals surface area contributed by atoms with Crippen molar-refractivity contribution in [2.75, 3.05) is 13.6 Å². The second-order valence-corrected chi connectivity index (χ2v) is 5.00. The van der Waals surface area contributed by atoms with E-state index in [4.69, 9.17) is 11.0 Å². The second-order valence-electron chi connectivity index (χ2n) is 5.00. The van der Waals surface area contributed by atoms with Crippen LogP contribution >= 0.6 is 0 Å². The van der Waals surface area contributed by atoms with Gasteiger partial charge in [0.2, 0.25) is 5.91 Å². The van der Waals surface area contributed by atoms with E-state index in [1.54, 1.807) is 16.8 Å². The molecule has 0 saturated carbocycles. The van der Waals surface area contributed by atoms with Gasteiger partial charge < -0.3 is 5.73 Å². The number of nitrogens with two attached hydrogens (primary N) is 1. The Morgan fingerprint density at radius 3 is 2.67 bits per heavy atom. The topological polar surface area (TPSA) is 87.9 Å². The number of nitrogens with zero attached hydrogens (tertiary/aromatic N) is 4. The molecule has 0 aliphatic carbocycles. The minimum Gasteiger partial charge on any atom is -0.369 e. The van der Waals surface area contributed by atoms with E-state index in [1.165, 1.54) is 0 Å². The molecule has 0 saturated heterocycles. The maximum absolute atomic E-state index is 11.0. The van der Waals surface area contributed by atoms with Crippen molar-refractivity contribution in [2.24, 2.45) is 12.8 Å². The molecule has 0 atom stereocenters. The van der Waals surface area contributed by atoms with E-state index in [0.717, 1.165) is 16.8 Å². The molecule has 6 nitrogen and oxygen atoms in total. The van der Waals surface area contributed by atoms with Crippen molar-refractivity contribution in [3.05, 3.63) is 41.6 Å². The maximum Gasteiger partial charge on any atom is 0.231 e. The predicted molar refractivity (Wildman–Crippen MR) is 78.9 cm³/mol. The van der Waals surface area contributed by atoms with Gasteiger partial charge in [-0.1, -0.05) is 12.1 Å². The van der Waals surface area contributed by atoms with Crippen LogP contribution in [-0.4, -0.2) is 34.2 Å². The molecule has 2 rings (SSSR count). The van der Waals surface area contributed by atoms with Crippen LogP contribution in [0.3, 0.4) is 0 Å². The molecule has 0 spiro atoms. The first kappa shape index (κ1) is 14.8. The van der Waals surface area contributed by atoms with Crippen LogP contribution in [0, 0.1) is 11.3 Å². The minimum atomic E-state index is -0.360. The van der Waals surface area contributed by atoms with E-state index in [9.17, 15) is 4.79 Å². The average molecular weight is 283 g/mol. The molecule has 21 heavy (non-hydrogen) atoms. The Morgan fingerprint density at radius 1 is 1.43 bits per heavy atom. The third kappa shape index (κ3) is 3.68. The molecule has 1 heterocycles. The summed E-state index contributed by atoms with van der Waals surface area (Å²) in [5.74, 6) is -0.360. The van der Waals surface area contributed by atoms with Crippen LogP contribution in [0.25, 0.3) is 11.3 Å². The molecule has 2 aromatic rings. The lowest BCUT2D eigenvalue weighted by molar-refractivity contribution is -0.118. The van der Waals surface area contributed by atoms with Gasteiger partial charge in [0.25, 0.3) is 0 Å². The van der Waals surface area contributed by atoms with Crippen LogP contribution in [0.4, 0.5) is 0 Å². The fraction of sp³-hybridized carbons (Fsp3) is 0.267. The zero-order valence-corrected chi connectivity index (χ0v) is 12.1. The molecule has 1 amide bonds. The zero-order valence-electron chi connectivity index (χ0n) is 12.1. The highest BCUT2D eigenvalue weighted by Crippen LogP contribution is 2.23. The van der Waals surface area contributed by atoms with Crippen molar-refractivity contribution >= 4 is 5.91 Å². The highest BCUT2D eigenvalue weighted by molar-refractivity contribution is 5.76. The van der Waals surface area contributed by atoms with Gasteiger partial charge >= 0.3 is 0 Å². The SMILES string of the molecule is CN(CC(N)=O)Cc1cn(C)nc1-c1ccc(C#N)cc1. The van der Waals surface area contributed by atoms with Gasteiger partial charge in [-0.3, -0.25) is 14.4 Å². The van der Waals surface area contributed by atoms with Crippen LogP contribution in [0.5, 0.6) is 0 Å². The number of aryl methyl sites for hydroxylation is 1. The van der Waals surface area contributed by atoms with E-state index in [2.05, 4.69) is 11.2 Å². The largest absolute Gasteiger partial charge is 0.369 e. The van der Waals surface area contributed by atoms with Crippen LogP contribution < -0.4 is 5.73 Å². The van der Waals surface area contributed by atoms with Gasteiger partial charge in [0.15, 0.2) is 0 Å². The van der Waals surface area contributed by atoms with Crippen LogP contribution in [0.1, 0.15) is 11.1 Å². The van der Waals surface area contributed by atoms with E-state index in [-0.39, 0.29) is 12.5 Å². The number of benzene rings is 1. The number of primary amides is 1. The van der Waals surface area contributed by atoms with Gasteiger partial charge in [0, 0.05) is 30.9 Å². The number of hydrogen-bond donors (Lipinski definition) is 1. The molecular formula is C15H17N5O. The van der Waals surface area contributed by atoms with Crippen molar-refractivity contribution in [3.63, 3.8) is 0 Å². The average Bonchev–Trinajstić information content (AvgIpc) is 2.78. The number of amides is 1. The Bertz CT molecular complexity index is 681. The van der Waals surface area contributed by atoms with Crippen molar-refractivity contribution in [1.29, 1.82) is 5.26 Å². The lowest BCUT2D eigenvalue weighted by Gasteiger charge is -2.14. The van der Waals surface area contributed by atoms with Gasteiger partial charge in [-0.25, -0.2) is 0 Å². The van der Waals surface area contributed by atoms with Crippen LogP contribution in [-0.2, 0) is 18.4 Å². The maximum atomic E-state index is 11.0. The summed E-state index contributed by atoms with van der Waals surface area (Å²) in [5.41, 5.74) is 8.61. The molecule has 1 aromatic heterocycles. The lowest BCUT2D eigenvalue weighted by Crippen LogP contribution is -2.30. The van der Waals surface area contributed by atoms with Gasteiger partial charge in [0.1, 0.15) is 0 Å². The molecular weight excluding hydrogens is 266 g/mol. The Hall–Kier alpha value is -2.65. The Morgan fingerprint density at radius 2 is 2.10 bits per heavy atom. The Labute approximate surface area is 123 Å². The third-order valence-corrected chi connectivity index (χ3v) is 3.06. The number of aromatic nitrogens is 2. The number of carbonyl (C=O) groups excluding carboxylic acids is 1. The first-order chi connectivity index (χ1) is 9.99. The summed E-state index contributed by atoms with van der Waals surface area (Å²) >= 11 is 0. The first-order valence-corrected chi connectivity index (χ1v) is 6.49. The van der Waals surface area contributed by atoms with Crippen molar-refractivity contribution in [3.8, 4) is 17.3 Å². The van der Waals surface area contributed by atoms with Crippen LogP contribution in [0.15, 0.2) is 30.5 Å². The van der Waals surface area contributed by atoms with Gasteiger partial charge in [-0.2, -0.15) is 10.4 Å². The van der Waals surface area contributed by atoms with Crippen molar-refractivity contribution in [2.45, 2.75) is 6.54 Å². The summed E-state index contributed by atoms with van der Waals surface area (Å²) in [4.78, 5) is 12.8. The number of nitriles is 1. The van der Waals surface area contributed by atoms with E-state index in [0.29, 0.717) is 12.1 Å². The van der Waals surface area contributed by atoms with E-state index < -0.39 is 0 Å². The minimum absolute atomic E-state index is 0.196. The molecule has 0 radical (unpaired) electrons. The predicted octanol–water partition coefficient (Wildman–Crippen LogP) is 0.876. The zero-order chi connectivity index (χ0) is 15.4. The summed E-state index contributed by atoms with van der Waals surface area (Å²) in [6.07, 6.45) is 1.92. The highest BCUT2D eigenvalue weighted by atomic mass is 16.1. The molecule has 0 unspecified atom stereocenters. The smallest absolute Gasteiger partial charge is 0.231 e. The number of hydrogen-bond acceptors (Lipinski definition) is 4. The first-order valence-electron chi connectivity index (χ1n) is 6.49. The van der Waals surface area contributed by atoms with Crippen molar-refractivity contribution < 1.29 is 4.79 Å². The lowest BCUT2D eigenvalue weighted by atomic mass is 10.1. The summed E-state index contributed by atoms with van der Waals surface area (Å²) < 4.78 is 1.74. The van der Waals surface area contributed by atoms with Crippen molar-refractivity contribution in [1.82, 2.24) is 14.7 Å². The summed E-state index contributed by atoms with van der Waals surface area (Å²) in [6, 6.07) is 9.37.